The normalized spacial score (nSPS) is 12.0. The molecule has 0 saturated heterocycles. The van der Waals surface area contributed by atoms with Crippen molar-refractivity contribution < 1.29 is 9.47 Å². The fourth-order valence-corrected chi connectivity index (χ4v) is 2.42. The Morgan fingerprint density at radius 3 is 2.54 bits per heavy atom. The van der Waals surface area contributed by atoms with E-state index in [2.05, 4.69) is 31.8 Å². The lowest BCUT2D eigenvalue weighted by Crippen LogP contribution is -2.08. The van der Waals surface area contributed by atoms with Gasteiger partial charge >= 0.3 is 0 Å². The molecule has 0 bridgehead atoms. The van der Waals surface area contributed by atoms with Crippen molar-refractivity contribution in [1.82, 2.24) is 4.98 Å². The first kappa shape index (κ1) is 18.3. The molecule has 0 aliphatic heterocycles. The molecule has 1 aromatic carbocycles. The molecule has 0 spiro atoms. The molecular formula is C21H29NO2. The average molecular weight is 327 g/mol. The van der Waals surface area contributed by atoms with Gasteiger partial charge in [0.15, 0.2) is 0 Å². The van der Waals surface area contributed by atoms with E-state index < -0.39 is 0 Å². The highest BCUT2D eigenvalue weighted by Gasteiger charge is 2.12. The first-order valence-corrected chi connectivity index (χ1v) is 9.05. The van der Waals surface area contributed by atoms with Crippen molar-refractivity contribution in [1.29, 1.82) is 0 Å². The van der Waals surface area contributed by atoms with Crippen LogP contribution in [0.5, 0.6) is 11.5 Å². The first-order valence-electron chi connectivity index (χ1n) is 9.05. The van der Waals surface area contributed by atoms with Crippen LogP contribution in [0.3, 0.4) is 0 Å². The van der Waals surface area contributed by atoms with Gasteiger partial charge in [0.1, 0.15) is 11.5 Å². The number of para-hydroxylation sites is 1. The average Bonchev–Trinajstić information content (AvgIpc) is 2.64. The predicted molar refractivity (Wildman–Crippen MR) is 99.6 cm³/mol. The lowest BCUT2D eigenvalue weighted by Gasteiger charge is -2.16. The van der Waals surface area contributed by atoms with Crippen molar-refractivity contribution in [2.75, 3.05) is 13.2 Å². The molecule has 1 heterocycles. The first-order chi connectivity index (χ1) is 11.8. The van der Waals surface area contributed by atoms with Gasteiger partial charge in [0.25, 0.3) is 0 Å². The van der Waals surface area contributed by atoms with Gasteiger partial charge in [-0.05, 0) is 24.5 Å². The molecule has 3 heteroatoms. The van der Waals surface area contributed by atoms with Gasteiger partial charge in [0, 0.05) is 17.3 Å². The van der Waals surface area contributed by atoms with Crippen molar-refractivity contribution in [2.45, 2.75) is 46.5 Å². The molecule has 0 amide bonds. The monoisotopic (exact) mass is 327 g/mol. The van der Waals surface area contributed by atoms with Crippen molar-refractivity contribution in [3.05, 3.63) is 42.7 Å². The van der Waals surface area contributed by atoms with Gasteiger partial charge in [0.2, 0.25) is 0 Å². The lowest BCUT2D eigenvalue weighted by atomic mass is 10.0. The topological polar surface area (TPSA) is 31.4 Å². The van der Waals surface area contributed by atoms with E-state index in [1.807, 2.05) is 24.3 Å². The number of benzene rings is 1. The summed E-state index contributed by atoms with van der Waals surface area (Å²) in [4.78, 5) is 4.22. The molecule has 2 aromatic rings. The summed E-state index contributed by atoms with van der Waals surface area (Å²) in [5.74, 6) is 2.27. The van der Waals surface area contributed by atoms with Crippen LogP contribution in [-0.4, -0.2) is 18.2 Å². The van der Waals surface area contributed by atoms with Gasteiger partial charge in [-0.15, -0.1) is 0 Å². The van der Waals surface area contributed by atoms with Crippen molar-refractivity contribution in [3.8, 4) is 22.6 Å². The van der Waals surface area contributed by atoms with E-state index in [1.54, 1.807) is 12.4 Å². The van der Waals surface area contributed by atoms with Gasteiger partial charge in [0.05, 0.1) is 19.4 Å². The molecule has 0 saturated carbocycles. The highest BCUT2D eigenvalue weighted by Crippen LogP contribution is 2.36. The van der Waals surface area contributed by atoms with Crippen molar-refractivity contribution in [2.24, 2.45) is 5.92 Å². The highest BCUT2D eigenvalue weighted by molar-refractivity contribution is 5.75. The fraction of sp³-hybridized carbons (Fsp3) is 0.476. The van der Waals surface area contributed by atoms with Gasteiger partial charge in [-0.3, -0.25) is 4.98 Å². The number of hydrogen-bond donors (Lipinski definition) is 0. The number of unbranched alkanes of at least 4 members (excludes halogenated alkanes) is 2. The third-order valence-electron chi connectivity index (χ3n) is 4.19. The largest absolute Gasteiger partial charge is 0.493 e. The zero-order valence-corrected chi connectivity index (χ0v) is 15.1. The Bertz CT molecular complexity index is 612. The lowest BCUT2D eigenvalue weighted by molar-refractivity contribution is 0.257. The van der Waals surface area contributed by atoms with Crippen LogP contribution in [0.4, 0.5) is 0 Å². The zero-order valence-electron chi connectivity index (χ0n) is 15.1. The van der Waals surface area contributed by atoms with Crippen LogP contribution in [0.2, 0.25) is 0 Å². The number of rotatable bonds is 10. The maximum atomic E-state index is 6.07. The quantitative estimate of drug-likeness (QED) is 0.521. The molecule has 130 valence electrons. The number of ether oxygens (including phenoxy) is 2. The van der Waals surface area contributed by atoms with Crippen LogP contribution in [0.25, 0.3) is 11.1 Å². The van der Waals surface area contributed by atoms with Gasteiger partial charge < -0.3 is 9.47 Å². The Morgan fingerprint density at radius 1 is 0.958 bits per heavy atom. The fourth-order valence-electron chi connectivity index (χ4n) is 2.42. The van der Waals surface area contributed by atoms with E-state index in [0.29, 0.717) is 5.92 Å². The summed E-state index contributed by atoms with van der Waals surface area (Å²) < 4.78 is 12.0. The second-order valence-corrected chi connectivity index (χ2v) is 6.25. The van der Waals surface area contributed by atoms with E-state index in [9.17, 15) is 0 Å². The SMILES string of the molecule is CCCCCOc1cnccc1-c1ccccc1OCC(C)CC. The molecular weight excluding hydrogens is 298 g/mol. The Hall–Kier alpha value is -2.03. The second-order valence-electron chi connectivity index (χ2n) is 6.25. The minimum Gasteiger partial charge on any atom is -0.493 e. The Morgan fingerprint density at radius 2 is 1.75 bits per heavy atom. The number of nitrogens with zero attached hydrogens (tertiary/aromatic N) is 1. The minimum absolute atomic E-state index is 0.542. The van der Waals surface area contributed by atoms with Crippen LogP contribution in [0.15, 0.2) is 42.7 Å². The summed E-state index contributed by atoms with van der Waals surface area (Å²) in [5.41, 5.74) is 2.11. The Kier molecular flexibility index (Phi) is 7.60. The molecule has 0 N–H and O–H groups in total. The highest BCUT2D eigenvalue weighted by atomic mass is 16.5. The van der Waals surface area contributed by atoms with E-state index in [-0.39, 0.29) is 0 Å². The molecule has 2 rings (SSSR count). The molecule has 0 aliphatic rings. The minimum atomic E-state index is 0.542. The van der Waals surface area contributed by atoms with E-state index in [4.69, 9.17) is 9.47 Å². The summed E-state index contributed by atoms with van der Waals surface area (Å²) in [6, 6.07) is 10.2. The maximum Gasteiger partial charge on any atom is 0.145 e. The standard InChI is InChI=1S/C21H29NO2/c1-4-6-9-14-23-21-15-22-13-12-19(21)18-10-7-8-11-20(18)24-16-17(3)5-2/h7-8,10-13,15,17H,4-6,9,14,16H2,1-3H3. The molecule has 0 aliphatic carbocycles. The summed E-state index contributed by atoms with van der Waals surface area (Å²) in [6.07, 6.45) is 8.16. The third-order valence-corrected chi connectivity index (χ3v) is 4.19. The zero-order chi connectivity index (χ0) is 17.2. The summed E-state index contributed by atoms with van der Waals surface area (Å²) in [6.45, 7) is 8.04. The Balaban J connectivity index is 2.18. The summed E-state index contributed by atoms with van der Waals surface area (Å²) in [5, 5.41) is 0. The van der Waals surface area contributed by atoms with Crippen LogP contribution in [0, 0.1) is 5.92 Å². The third kappa shape index (κ3) is 5.26. The van der Waals surface area contributed by atoms with Crippen LogP contribution < -0.4 is 9.47 Å². The van der Waals surface area contributed by atoms with E-state index in [0.717, 1.165) is 48.7 Å². The predicted octanol–water partition coefficient (Wildman–Crippen LogP) is 5.74. The van der Waals surface area contributed by atoms with E-state index in [1.165, 1.54) is 12.8 Å². The maximum absolute atomic E-state index is 6.07. The molecule has 1 atom stereocenters. The summed E-state index contributed by atoms with van der Waals surface area (Å²) in [7, 11) is 0. The van der Waals surface area contributed by atoms with Crippen LogP contribution >= 0.6 is 0 Å². The van der Waals surface area contributed by atoms with Crippen LogP contribution in [0.1, 0.15) is 46.5 Å². The second kappa shape index (κ2) is 9.96. The number of hydrogen-bond acceptors (Lipinski definition) is 3. The van der Waals surface area contributed by atoms with Gasteiger partial charge in [-0.2, -0.15) is 0 Å². The van der Waals surface area contributed by atoms with E-state index >= 15 is 0 Å². The molecule has 1 aromatic heterocycles. The summed E-state index contributed by atoms with van der Waals surface area (Å²) >= 11 is 0. The molecule has 0 fully saturated rings. The molecule has 3 nitrogen and oxygen atoms in total. The smallest absolute Gasteiger partial charge is 0.145 e. The number of pyridine rings is 1. The van der Waals surface area contributed by atoms with Gasteiger partial charge in [-0.1, -0.05) is 58.2 Å². The molecule has 0 radical (unpaired) electrons. The van der Waals surface area contributed by atoms with Crippen molar-refractivity contribution in [3.63, 3.8) is 0 Å². The van der Waals surface area contributed by atoms with Gasteiger partial charge in [-0.25, -0.2) is 0 Å². The van der Waals surface area contributed by atoms with Crippen molar-refractivity contribution >= 4 is 0 Å². The number of aromatic nitrogens is 1. The van der Waals surface area contributed by atoms with Crippen LogP contribution in [-0.2, 0) is 0 Å². The Labute approximate surface area is 146 Å². The molecule has 1 unspecified atom stereocenters. The molecule has 24 heavy (non-hydrogen) atoms.